The Bertz CT molecular complexity index is 292. The molecule has 0 aromatic heterocycles. The Hall–Kier alpha value is -1.13. The first kappa shape index (κ1) is 9.43. The first-order valence-electron chi connectivity index (χ1n) is 4.57. The third-order valence-corrected chi connectivity index (χ3v) is 2.28. The van der Waals surface area contributed by atoms with Gasteiger partial charge in [-0.15, -0.1) is 0 Å². The van der Waals surface area contributed by atoms with Crippen LogP contribution in [0.25, 0.3) is 0 Å². The molecule has 0 bridgehead atoms. The van der Waals surface area contributed by atoms with Crippen LogP contribution >= 0.6 is 0 Å². The molecule has 2 unspecified atom stereocenters. The molecule has 0 spiro atoms. The summed E-state index contributed by atoms with van der Waals surface area (Å²) in [7, 11) is 0. The Balaban J connectivity index is 2.12. The lowest BCUT2D eigenvalue weighted by molar-refractivity contribution is -0.153. The van der Waals surface area contributed by atoms with Crippen LogP contribution in [0.1, 0.15) is 6.92 Å². The molecule has 0 aromatic carbocycles. The molecule has 4 atom stereocenters. The molecule has 0 saturated heterocycles. The molecular formula is C10H12O4. The summed E-state index contributed by atoms with van der Waals surface area (Å²) in [6, 6.07) is 0. The van der Waals surface area contributed by atoms with E-state index in [1.807, 2.05) is 0 Å². The van der Waals surface area contributed by atoms with Crippen molar-refractivity contribution in [2.45, 2.75) is 31.3 Å². The lowest BCUT2D eigenvalue weighted by Gasteiger charge is -2.33. The molecule has 0 fully saturated rings. The number of fused-ring (bicyclic) bond motifs is 1. The quantitative estimate of drug-likeness (QED) is 0.480. The van der Waals surface area contributed by atoms with E-state index in [0.717, 1.165) is 0 Å². The van der Waals surface area contributed by atoms with Crippen molar-refractivity contribution in [2.24, 2.45) is 0 Å². The van der Waals surface area contributed by atoms with E-state index in [0.29, 0.717) is 0 Å². The summed E-state index contributed by atoms with van der Waals surface area (Å²) in [6.07, 6.45) is 5.00. The molecule has 2 rings (SSSR count). The summed E-state index contributed by atoms with van der Waals surface area (Å²) in [5, 5.41) is 9.31. The van der Waals surface area contributed by atoms with E-state index >= 15 is 0 Å². The van der Waals surface area contributed by atoms with Gasteiger partial charge in [-0.2, -0.15) is 0 Å². The van der Waals surface area contributed by atoms with Crippen LogP contribution in [0.5, 0.6) is 0 Å². The van der Waals surface area contributed by atoms with Crippen molar-refractivity contribution in [3.8, 4) is 0 Å². The van der Waals surface area contributed by atoms with Crippen molar-refractivity contribution >= 4 is 5.97 Å². The SMILES string of the molecule is CC(O)C1C=C[C@H]2OC(=O)C=C[C@H]2O1. The predicted octanol–water partition coefficient (Wildman–Crippen LogP) is 0.172. The fourth-order valence-corrected chi connectivity index (χ4v) is 1.52. The normalized spacial score (nSPS) is 37.6. The Morgan fingerprint density at radius 3 is 2.86 bits per heavy atom. The highest BCUT2D eigenvalue weighted by Crippen LogP contribution is 2.21. The van der Waals surface area contributed by atoms with Gasteiger partial charge in [0.25, 0.3) is 0 Å². The summed E-state index contributed by atoms with van der Waals surface area (Å²) in [6.45, 7) is 1.66. The van der Waals surface area contributed by atoms with Crippen LogP contribution in [-0.4, -0.2) is 35.5 Å². The molecule has 1 N–H and O–H groups in total. The van der Waals surface area contributed by atoms with Crippen LogP contribution in [-0.2, 0) is 14.3 Å². The maximum absolute atomic E-state index is 10.9. The van der Waals surface area contributed by atoms with Gasteiger partial charge in [-0.1, -0.05) is 6.08 Å². The van der Waals surface area contributed by atoms with Crippen molar-refractivity contribution in [3.63, 3.8) is 0 Å². The van der Waals surface area contributed by atoms with Gasteiger partial charge >= 0.3 is 5.97 Å². The second-order valence-corrected chi connectivity index (χ2v) is 3.45. The highest BCUT2D eigenvalue weighted by Gasteiger charge is 2.32. The number of rotatable bonds is 1. The number of aliphatic hydroxyl groups is 1. The molecule has 76 valence electrons. The molecule has 4 heteroatoms. The number of aliphatic hydroxyl groups excluding tert-OH is 1. The van der Waals surface area contributed by atoms with Crippen LogP contribution in [0, 0.1) is 0 Å². The Labute approximate surface area is 81.8 Å². The molecule has 0 aliphatic carbocycles. The van der Waals surface area contributed by atoms with Crippen molar-refractivity contribution in [1.29, 1.82) is 0 Å². The molecule has 14 heavy (non-hydrogen) atoms. The average molecular weight is 196 g/mol. The lowest BCUT2D eigenvalue weighted by Crippen LogP contribution is -2.42. The summed E-state index contributed by atoms with van der Waals surface area (Å²) in [4.78, 5) is 10.9. The minimum absolute atomic E-state index is 0.266. The molecule has 2 aliphatic heterocycles. The molecule has 0 saturated carbocycles. The fraction of sp³-hybridized carbons (Fsp3) is 0.500. The number of carbonyl (C=O) groups is 1. The molecule has 0 aromatic rings. The van der Waals surface area contributed by atoms with Gasteiger partial charge in [-0.05, 0) is 19.1 Å². The molecule has 0 radical (unpaired) electrons. The number of hydrogen-bond donors (Lipinski definition) is 1. The largest absolute Gasteiger partial charge is 0.452 e. The second-order valence-electron chi connectivity index (χ2n) is 3.45. The van der Waals surface area contributed by atoms with Crippen molar-refractivity contribution < 1.29 is 19.4 Å². The van der Waals surface area contributed by atoms with Gasteiger partial charge in [0.2, 0.25) is 0 Å². The third-order valence-electron chi connectivity index (χ3n) is 2.28. The minimum Gasteiger partial charge on any atom is -0.452 e. The van der Waals surface area contributed by atoms with Crippen LogP contribution in [0.2, 0.25) is 0 Å². The highest BCUT2D eigenvalue weighted by molar-refractivity contribution is 5.83. The van der Waals surface area contributed by atoms with Gasteiger partial charge in [0.1, 0.15) is 12.2 Å². The van der Waals surface area contributed by atoms with Crippen LogP contribution in [0.4, 0.5) is 0 Å². The first-order valence-corrected chi connectivity index (χ1v) is 4.57. The standard InChI is InChI=1S/C10H12O4/c1-6(11)7-2-3-9-8(13-7)4-5-10(12)14-9/h2-9,11H,1H3/t6?,7?,8-,9-/m1/s1. The van der Waals surface area contributed by atoms with Gasteiger partial charge in [0.05, 0.1) is 6.10 Å². The third kappa shape index (κ3) is 1.71. The maximum atomic E-state index is 10.9. The first-order chi connectivity index (χ1) is 6.66. The van der Waals surface area contributed by atoms with E-state index < -0.39 is 6.10 Å². The van der Waals surface area contributed by atoms with Crippen LogP contribution in [0.3, 0.4) is 0 Å². The van der Waals surface area contributed by atoms with Gasteiger partial charge in [0.15, 0.2) is 6.10 Å². The molecule has 2 aliphatic rings. The van der Waals surface area contributed by atoms with Gasteiger partial charge in [-0.25, -0.2) is 4.79 Å². The zero-order valence-corrected chi connectivity index (χ0v) is 7.79. The van der Waals surface area contributed by atoms with Gasteiger partial charge in [0, 0.05) is 6.08 Å². The zero-order valence-electron chi connectivity index (χ0n) is 7.79. The predicted molar refractivity (Wildman–Crippen MR) is 48.5 cm³/mol. The number of esters is 1. The Kier molecular flexibility index (Phi) is 2.39. The van der Waals surface area contributed by atoms with Crippen molar-refractivity contribution in [3.05, 3.63) is 24.3 Å². The van der Waals surface area contributed by atoms with E-state index in [1.165, 1.54) is 6.08 Å². The minimum atomic E-state index is -0.557. The Morgan fingerprint density at radius 2 is 2.14 bits per heavy atom. The number of ether oxygens (including phenoxy) is 2. The molecule has 0 amide bonds. The van der Waals surface area contributed by atoms with E-state index in [1.54, 1.807) is 25.2 Å². The smallest absolute Gasteiger partial charge is 0.331 e. The fourth-order valence-electron chi connectivity index (χ4n) is 1.52. The van der Waals surface area contributed by atoms with Gasteiger partial charge < -0.3 is 14.6 Å². The van der Waals surface area contributed by atoms with E-state index in [2.05, 4.69) is 0 Å². The van der Waals surface area contributed by atoms with E-state index in [-0.39, 0.29) is 24.3 Å². The summed E-state index contributed by atoms with van der Waals surface area (Å²) in [5.74, 6) is -0.352. The highest BCUT2D eigenvalue weighted by atomic mass is 16.6. The van der Waals surface area contributed by atoms with Gasteiger partial charge in [-0.3, -0.25) is 0 Å². The molecular weight excluding hydrogens is 184 g/mol. The van der Waals surface area contributed by atoms with Crippen molar-refractivity contribution in [1.82, 2.24) is 0 Å². The monoisotopic (exact) mass is 196 g/mol. The summed E-state index contributed by atoms with van der Waals surface area (Å²) in [5.41, 5.74) is 0. The zero-order chi connectivity index (χ0) is 10.1. The Morgan fingerprint density at radius 1 is 1.36 bits per heavy atom. The number of hydrogen-bond acceptors (Lipinski definition) is 4. The van der Waals surface area contributed by atoms with E-state index in [9.17, 15) is 9.90 Å². The van der Waals surface area contributed by atoms with E-state index in [4.69, 9.17) is 9.47 Å². The lowest BCUT2D eigenvalue weighted by atomic mass is 10.0. The summed E-state index contributed by atoms with van der Waals surface area (Å²) >= 11 is 0. The van der Waals surface area contributed by atoms with Crippen LogP contribution in [0.15, 0.2) is 24.3 Å². The topological polar surface area (TPSA) is 55.8 Å². The average Bonchev–Trinajstić information content (AvgIpc) is 2.16. The van der Waals surface area contributed by atoms with Crippen molar-refractivity contribution in [2.75, 3.05) is 0 Å². The van der Waals surface area contributed by atoms with Crippen LogP contribution < -0.4 is 0 Å². The maximum Gasteiger partial charge on any atom is 0.331 e. The molecule has 2 heterocycles. The molecule has 4 nitrogen and oxygen atoms in total. The summed E-state index contributed by atoms with van der Waals surface area (Å²) < 4.78 is 10.5. The second kappa shape index (κ2) is 3.55. The number of carbonyl (C=O) groups excluding carboxylic acids is 1.